The van der Waals surface area contributed by atoms with Gasteiger partial charge in [0.15, 0.2) is 5.16 Å². The van der Waals surface area contributed by atoms with Gasteiger partial charge in [-0.05, 0) is 36.9 Å². The molecule has 0 fully saturated rings. The van der Waals surface area contributed by atoms with Crippen molar-refractivity contribution in [2.24, 2.45) is 7.05 Å². The van der Waals surface area contributed by atoms with Gasteiger partial charge in [-0.25, -0.2) is 4.98 Å². The molecule has 0 saturated heterocycles. The summed E-state index contributed by atoms with van der Waals surface area (Å²) in [5.74, 6) is 0.0543. The molecule has 2 aromatic heterocycles. The first-order valence-corrected chi connectivity index (χ1v) is 9.29. The van der Waals surface area contributed by atoms with Gasteiger partial charge in [0.25, 0.3) is 0 Å². The monoisotopic (exact) mass is 345 g/mol. The molecule has 4 nitrogen and oxygen atoms in total. The molecule has 1 unspecified atom stereocenters. The molecule has 0 bridgehead atoms. The first-order valence-electron chi connectivity index (χ1n) is 7.53. The molecule has 0 saturated carbocycles. The van der Waals surface area contributed by atoms with Crippen LogP contribution in [0, 0.1) is 0 Å². The van der Waals surface area contributed by atoms with Crippen molar-refractivity contribution in [2.75, 3.05) is 6.54 Å². The van der Waals surface area contributed by atoms with Crippen molar-refractivity contribution in [3.63, 3.8) is 0 Å². The summed E-state index contributed by atoms with van der Waals surface area (Å²) in [6.45, 7) is 2.59. The molecule has 1 aromatic carbocycles. The van der Waals surface area contributed by atoms with Crippen LogP contribution < -0.4 is 5.32 Å². The molecule has 1 atom stereocenters. The van der Waals surface area contributed by atoms with Gasteiger partial charge in [0.05, 0.1) is 16.3 Å². The Labute approximate surface area is 143 Å². The van der Waals surface area contributed by atoms with E-state index in [1.807, 2.05) is 48.9 Å². The summed E-state index contributed by atoms with van der Waals surface area (Å²) in [5.41, 5.74) is 2.04. The Morgan fingerprint density at radius 3 is 2.91 bits per heavy atom. The third-order valence-electron chi connectivity index (χ3n) is 3.65. The Morgan fingerprint density at radius 1 is 1.35 bits per heavy atom. The third-order valence-corrected chi connectivity index (χ3v) is 5.73. The number of para-hydroxylation sites is 2. The van der Waals surface area contributed by atoms with Gasteiger partial charge in [0.2, 0.25) is 5.91 Å². The summed E-state index contributed by atoms with van der Waals surface area (Å²) in [6.07, 6.45) is 0.882. The predicted octanol–water partition coefficient (Wildman–Crippen LogP) is 3.47. The fraction of sp³-hybridized carbons (Fsp3) is 0.294. The fourth-order valence-corrected chi connectivity index (χ4v) is 3.97. The third kappa shape index (κ3) is 3.76. The van der Waals surface area contributed by atoms with Gasteiger partial charge in [-0.3, -0.25) is 4.79 Å². The number of carbonyl (C=O) groups excluding carboxylic acids is 1. The molecular formula is C17H19N3OS2. The van der Waals surface area contributed by atoms with E-state index in [4.69, 9.17) is 0 Å². The highest BCUT2D eigenvalue weighted by Crippen LogP contribution is 2.26. The number of hydrogen-bond acceptors (Lipinski definition) is 4. The minimum atomic E-state index is -0.172. The van der Waals surface area contributed by atoms with E-state index in [9.17, 15) is 4.79 Å². The first-order chi connectivity index (χ1) is 11.1. The largest absolute Gasteiger partial charge is 0.355 e. The van der Waals surface area contributed by atoms with Crippen LogP contribution in [-0.4, -0.2) is 27.3 Å². The molecule has 1 N–H and O–H groups in total. The maximum Gasteiger partial charge on any atom is 0.233 e. The molecule has 0 aliphatic heterocycles. The minimum absolute atomic E-state index is 0.0543. The zero-order valence-corrected chi connectivity index (χ0v) is 14.8. The van der Waals surface area contributed by atoms with E-state index < -0.39 is 0 Å². The molecule has 120 valence electrons. The molecule has 0 aliphatic carbocycles. The predicted molar refractivity (Wildman–Crippen MR) is 97.1 cm³/mol. The second kappa shape index (κ2) is 7.19. The summed E-state index contributed by atoms with van der Waals surface area (Å²) in [5, 5.41) is 5.76. The average Bonchev–Trinajstić information content (AvgIpc) is 3.17. The number of fused-ring (bicyclic) bond motifs is 1. The SMILES string of the molecule is CC(Sc1nc2ccccc2n1C)C(=O)NCCc1cccs1. The number of thiophene rings is 1. The van der Waals surface area contributed by atoms with Crippen LogP contribution in [0.5, 0.6) is 0 Å². The topological polar surface area (TPSA) is 46.9 Å². The number of hydrogen-bond donors (Lipinski definition) is 1. The van der Waals surface area contributed by atoms with Crippen molar-refractivity contribution in [3.05, 3.63) is 46.7 Å². The smallest absolute Gasteiger partial charge is 0.233 e. The molecule has 0 radical (unpaired) electrons. The van der Waals surface area contributed by atoms with E-state index in [0.717, 1.165) is 22.6 Å². The van der Waals surface area contributed by atoms with E-state index in [-0.39, 0.29) is 11.2 Å². The molecule has 6 heteroatoms. The number of aromatic nitrogens is 2. The van der Waals surface area contributed by atoms with E-state index in [0.29, 0.717) is 6.54 Å². The zero-order valence-electron chi connectivity index (χ0n) is 13.2. The highest BCUT2D eigenvalue weighted by molar-refractivity contribution is 8.00. The number of thioether (sulfide) groups is 1. The Kier molecular flexibility index (Phi) is 5.03. The fourth-order valence-electron chi connectivity index (χ4n) is 2.35. The highest BCUT2D eigenvalue weighted by atomic mass is 32.2. The summed E-state index contributed by atoms with van der Waals surface area (Å²) in [7, 11) is 1.99. The van der Waals surface area contributed by atoms with Crippen LogP contribution in [0.25, 0.3) is 11.0 Å². The van der Waals surface area contributed by atoms with E-state index in [1.54, 1.807) is 11.3 Å². The molecule has 3 rings (SSSR count). The quantitative estimate of drug-likeness (QED) is 0.696. The van der Waals surface area contributed by atoms with Crippen molar-refractivity contribution in [1.82, 2.24) is 14.9 Å². The van der Waals surface area contributed by atoms with Crippen LogP contribution in [0.2, 0.25) is 0 Å². The van der Waals surface area contributed by atoms with E-state index in [1.165, 1.54) is 16.6 Å². The van der Waals surface area contributed by atoms with Gasteiger partial charge in [-0.2, -0.15) is 0 Å². The number of aryl methyl sites for hydroxylation is 1. The van der Waals surface area contributed by atoms with Crippen LogP contribution in [-0.2, 0) is 18.3 Å². The van der Waals surface area contributed by atoms with Gasteiger partial charge >= 0.3 is 0 Å². The number of nitrogens with zero attached hydrogens (tertiary/aromatic N) is 2. The average molecular weight is 345 g/mol. The van der Waals surface area contributed by atoms with Gasteiger partial charge in [-0.15, -0.1) is 11.3 Å². The van der Waals surface area contributed by atoms with Crippen molar-refractivity contribution in [2.45, 2.75) is 23.8 Å². The number of nitrogens with one attached hydrogen (secondary N) is 1. The van der Waals surface area contributed by atoms with Crippen molar-refractivity contribution >= 4 is 40.0 Å². The molecule has 3 aromatic rings. The molecule has 0 aliphatic rings. The van der Waals surface area contributed by atoms with Crippen molar-refractivity contribution < 1.29 is 4.79 Å². The maximum absolute atomic E-state index is 12.2. The lowest BCUT2D eigenvalue weighted by atomic mass is 10.3. The molecule has 1 amide bonds. The van der Waals surface area contributed by atoms with E-state index >= 15 is 0 Å². The highest BCUT2D eigenvalue weighted by Gasteiger charge is 2.17. The van der Waals surface area contributed by atoms with Gasteiger partial charge in [0.1, 0.15) is 0 Å². The number of carbonyl (C=O) groups is 1. The summed E-state index contributed by atoms with van der Waals surface area (Å²) < 4.78 is 2.04. The standard InChI is InChI=1S/C17H19N3OS2/c1-12(16(21)18-10-9-13-6-5-11-22-13)23-17-19-14-7-3-4-8-15(14)20(17)2/h3-8,11-12H,9-10H2,1-2H3,(H,18,21). The second-order valence-electron chi connectivity index (χ2n) is 5.32. The van der Waals surface area contributed by atoms with Gasteiger partial charge in [-0.1, -0.05) is 30.0 Å². The Balaban J connectivity index is 1.57. The summed E-state index contributed by atoms with van der Waals surface area (Å²) >= 11 is 3.21. The van der Waals surface area contributed by atoms with Crippen LogP contribution in [0.3, 0.4) is 0 Å². The van der Waals surface area contributed by atoms with Gasteiger partial charge in [0, 0.05) is 18.5 Å². The zero-order chi connectivity index (χ0) is 16.2. The lowest BCUT2D eigenvalue weighted by molar-refractivity contribution is -0.120. The van der Waals surface area contributed by atoms with Gasteiger partial charge < -0.3 is 9.88 Å². The second-order valence-corrected chi connectivity index (χ2v) is 7.66. The Bertz CT molecular complexity index is 795. The molecule has 2 heterocycles. The number of rotatable bonds is 6. The van der Waals surface area contributed by atoms with Crippen molar-refractivity contribution in [3.8, 4) is 0 Å². The van der Waals surface area contributed by atoms with Crippen molar-refractivity contribution in [1.29, 1.82) is 0 Å². The van der Waals surface area contributed by atoms with Crippen LogP contribution >= 0.6 is 23.1 Å². The minimum Gasteiger partial charge on any atom is -0.355 e. The molecule has 0 spiro atoms. The van der Waals surface area contributed by atoms with E-state index in [2.05, 4.69) is 21.7 Å². The molecular weight excluding hydrogens is 326 g/mol. The number of amides is 1. The first kappa shape index (κ1) is 16.1. The lowest BCUT2D eigenvalue weighted by Crippen LogP contribution is -2.32. The normalized spacial score (nSPS) is 12.4. The Morgan fingerprint density at radius 2 is 2.17 bits per heavy atom. The Hall–Kier alpha value is -1.79. The summed E-state index contributed by atoms with van der Waals surface area (Å²) in [6, 6.07) is 12.1. The van der Waals surface area contributed by atoms with Crippen LogP contribution in [0.4, 0.5) is 0 Å². The number of imidazole rings is 1. The van der Waals surface area contributed by atoms with Crippen LogP contribution in [0.1, 0.15) is 11.8 Å². The molecule has 23 heavy (non-hydrogen) atoms. The lowest BCUT2D eigenvalue weighted by Gasteiger charge is -2.11. The summed E-state index contributed by atoms with van der Waals surface area (Å²) in [4.78, 5) is 18.1. The van der Waals surface area contributed by atoms with Crippen LogP contribution in [0.15, 0.2) is 46.9 Å². The maximum atomic E-state index is 12.2. The number of benzene rings is 1.